The van der Waals surface area contributed by atoms with E-state index >= 15 is 0 Å². The minimum absolute atomic E-state index is 0.107. The first-order valence-electron chi connectivity index (χ1n) is 15.5. The van der Waals surface area contributed by atoms with Gasteiger partial charge in [0.25, 0.3) is 11.8 Å². The fourth-order valence-corrected chi connectivity index (χ4v) is 6.14. The number of aliphatic carboxylic acids is 1. The standard InChI is InChI=1S/C37H33N5O5/c43-31-14-16-41(17-15-31)29-7-1-23(2-8-29)36(46)39-27-6-12-34-25(19-27)13-18-42(34)30-9-3-24(4-10-30)37(47)40-28-5-11-33-32(21-28)26(22-38-33)20-35(44)45/h1-13,18-19,21-22,31,38,43H,14-17,20H2,(H,39,46)(H,40,47)(H,44,45). The molecule has 1 saturated heterocycles. The molecule has 0 atom stereocenters. The number of aromatic nitrogens is 2. The molecule has 7 rings (SSSR count). The Morgan fingerprint density at radius 1 is 0.766 bits per heavy atom. The van der Waals surface area contributed by atoms with Gasteiger partial charge < -0.3 is 35.3 Å². The molecule has 0 saturated carbocycles. The van der Waals surface area contributed by atoms with Crippen molar-refractivity contribution < 1.29 is 24.6 Å². The second-order valence-electron chi connectivity index (χ2n) is 11.8. The Labute approximate surface area is 270 Å². The number of fused-ring (bicyclic) bond motifs is 2. The molecule has 3 heterocycles. The summed E-state index contributed by atoms with van der Waals surface area (Å²) in [4.78, 5) is 42.5. The van der Waals surface area contributed by atoms with Gasteiger partial charge in [-0.15, -0.1) is 0 Å². The SMILES string of the molecule is O=C(O)Cc1c[nH]c2ccc(NC(=O)c3ccc(-n4ccc5cc(NC(=O)c6ccc(N7CCC(O)CC7)cc6)ccc54)cc3)cc12. The number of aromatic amines is 1. The van der Waals surface area contributed by atoms with E-state index in [1.807, 2.05) is 77.5 Å². The number of benzene rings is 4. The fourth-order valence-electron chi connectivity index (χ4n) is 6.14. The number of carbonyl (C=O) groups excluding carboxylic acids is 2. The van der Waals surface area contributed by atoms with Gasteiger partial charge in [-0.25, -0.2) is 0 Å². The summed E-state index contributed by atoms with van der Waals surface area (Å²) in [5, 5.41) is 26.6. The molecule has 0 unspecified atom stereocenters. The molecule has 2 aromatic heterocycles. The largest absolute Gasteiger partial charge is 0.481 e. The maximum Gasteiger partial charge on any atom is 0.307 e. The van der Waals surface area contributed by atoms with Crippen LogP contribution in [-0.4, -0.2) is 56.7 Å². The van der Waals surface area contributed by atoms with E-state index in [-0.39, 0.29) is 24.3 Å². The molecule has 1 aliphatic rings. The summed E-state index contributed by atoms with van der Waals surface area (Å²) in [5.41, 5.74) is 6.66. The molecule has 236 valence electrons. The Kier molecular flexibility index (Phi) is 7.93. The van der Waals surface area contributed by atoms with Gasteiger partial charge in [-0.05, 0) is 109 Å². The Morgan fingerprint density at radius 2 is 1.38 bits per heavy atom. The van der Waals surface area contributed by atoms with Crippen LogP contribution in [0.5, 0.6) is 0 Å². The summed E-state index contributed by atoms with van der Waals surface area (Å²) in [6, 6.07) is 27.9. The molecule has 5 N–H and O–H groups in total. The number of H-pyrrole nitrogens is 1. The number of rotatable bonds is 8. The van der Waals surface area contributed by atoms with Crippen molar-refractivity contribution in [3.63, 3.8) is 0 Å². The first-order chi connectivity index (χ1) is 22.8. The number of anilines is 3. The molecule has 6 aromatic rings. The predicted octanol–water partition coefficient (Wildman–Crippen LogP) is 6.20. The highest BCUT2D eigenvalue weighted by atomic mass is 16.4. The number of aliphatic hydroxyl groups excluding tert-OH is 1. The van der Waals surface area contributed by atoms with E-state index in [2.05, 4.69) is 20.5 Å². The minimum Gasteiger partial charge on any atom is -0.481 e. The highest BCUT2D eigenvalue weighted by Crippen LogP contribution is 2.27. The molecule has 1 aliphatic heterocycles. The molecule has 47 heavy (non-hydrogen) atoms. The van der Waals surface area contributed by atoms with Crippen LogP contribution in [0.15, 0.2) is 103 Å². The van der Waals surface area contributed by atoms with Gasteiger partial charge in [0.1, 0.15) is 0 Å². The van der Waals surface area contributed by atoms with Crippen LogP contribution in [0.2, 0.25) is 0 Å². The van der Waals surface area contributed by atoms with Crippen molar-refractivity contribution in [3.8, 4) is 5.69 Å². The number of nitrogens with one attached hydrogen (secondary N) is 3. The second-order valence-corrected chi connectivity index (χ2v) is 11.8. The lowest BCUT2D eigenvalue weighted by Gasteiger charge is -2.31. The number of carboxylic acids is 1. The van der Waals surface area contributed by atoms with Gasteiger partial charge in [-0.1, -0.05) is 0 Å². The number of hydrogen-bond donors (Lipinski definition) is 5. The average molecular weight is 628 g/mol. The van der Waals surface area contributed by atoms with Crippen LogP contribution in [0.4, 0.5) is 17.1 Å². The van der Waals surface area contributed by atoms with Gasteiger partial charge in [0, 0.05) is 75.6 Å². The number of amides is 2. The van der Waals surface area contributed by atoms with Crippen LogP contribution in [0.3, 0.4) is 0 Å². The molecule has 0 spiro atoms. The number of hydrogen-bond acceptors (Lipinski definition) is 5. The van der Waals surface area contributed by atoms with E-state index in [0.29, 0.717) is 28.1 Å². The zero-order valence-corrected chi connectivity index (χ0v) is 25.4. The molecule has 0 radical (unpaired) electrons. The minimum atomic E-state index is -0.920. The lowest BCUT2D eigenvalue weighted by molar-refractivity contribution is -0.136. The molecule has 10 nitrogen and oxygen atoms in total. The van der Waals surface area contributed by atoms with Crippen molar-refractivity contribution in [2.75, 3.05) is 28.6 Å². The molecular formula is C37H33N5O5. The second kappa shape index (κ2) is 12.5. The lowest BCUT2D eigenvalue weighted by Crippen LogP contribution is -2.35. The lowest BCUT2D eigenvalue weighted by atomic mass is 10.1. The first kappa shape index (κ1) is 29.8. The maximum absolute atomic E-state index is 13.0. The van der Waals surface area contributed by atoms with Gasteiger partial charge >= 0.3 is 5.97 Å². The molecular weight excluding hydrogens is 594 g/mol. The van der Waals surface area contributed by atoms with E-state index in [4.69, 9.17) is 0 Å². The van der Waals surface area contributed by atoms with Crippen LogP contribution in [0, 0.1) is 0 Å². The highest BCUT2D eigenvalue weighted by molar-refractivity contribution is 6.06. The third-order valence-electron chi connectivity index (χ3n) is 8.68. The van der Waals surface area contributed by atoms with Crippen LogP contribution in [-0.2, 0) is 11.2 Å². The number of nitrogens with zero attached hydrogens (tertiary/aromatic N) is 2. The fraction of sp³-hybridized carbons (Fsp3) is 0.162. The van der Waals surface area contributed by atoms with Crippen LogP contribution in [0.25, 0.3) is 27.5 Å². The molecule has 2 amide bonds. The topological polar surface area (TPSA) is 140 Å². The summed E-state index contributed by atoms with van der Waals surface area (Å²) in [7, 11) is 0. The zero-order chi connectivity index (χ0) is 32.5. The number of piperidine rings is 1. The van der Waals surface area contributed by atoms with E-state index in [1.54, 1.807) is 30.5 Å². The average Bonchev–Trinajstić information content (AvgIpc) is 3.68. The monoisotopic (exact) mass is 627 g/mol. The third kappa shape index (κ3) is 6.31. The van der Waals surface area contributed by atoms with Crippen molar-refractivity contribution in [2.45, 2.75) is 25.4 Å². The van der Waals surface area contributed by atoms with Gasteiger partial charge in [0.15, 0.2) is 0 Å². The third-order valence-corrected chi connectivity index (χ3v) is 8.68. The van der Waals surface area contributed by atoms with E-state index in [0.717, 1.165) is 59.1 Å². The highest BCUT2D eigenvalue weighted by Gasteiger charge is 2.18. The summed E-state index contributed by atoms with van der Waals surface area (Å²) < 4.78 is 2.02. The Bertz CT molecular complexity index is 2110. The van der Waals surface area contributed by atoms with Crippen molar-refractivity contribution in [1.29, 1.82) is 0 Å². The van der Waals surface area contributed by atoms with Crippen molar-refractivity contribution in [1.82, 2.24) is 9.55 Å². The Balaban J connectivity index is 1.01. The quantitative estimate of drug-likeness (QED) is 0.136. The van der Waals surface area contributed by atoms with Crippen molar-refractivity contribution in [3.05, 3.63) is 120 Å². The predicted molar refractivity (Wildman–Crippen MR) is 183 cm³/mol. The van der Waals surface area contributed by atoms with Gasteiger partial charge in [0.05, 0.1) is 18.0 Å². The number of carbonyl (C=O) groups is 3. The van der Waals surface area contributed by atoms with Crippen LogP contribution < -0.4 is 15.5 Å². The van der Waals surface area contributed by atoms with E-state index < -0.39 is 5.97 Å². The summed E-state index contributed by atoms with van der Waals surface area (Å²) in [6.07, 6.45) is 4.79. The van der Waals surface area contributed by atoms with Crippen LogP contribution >= 0.6 is 0 Å². The summed E-state index contributed by atoms with van der Waals surface area (Å²) >= 11 is 0. The molecule has 0 bridgehead atoms. The van der Waals surface area contributed by atoms with Crippen molar-refractivity contribution in [2.24, 2.45) is 0 Å². The number of aliphatic hydroxyl groups is 1. The summed E-state index contributed by atoms with van der Waals surface area (Å²) in [6.45, 7) is 1.61. The zero-order valence-electron chi connectivity index (χ0n) is 25.4. The Morgan fingerprint density at radius 3 is 2.04 bits per heavy atom. The van der Waals surface area contributed by atoms with Crippen LogP contribution in [0.1, 0.15) is 39.1 Å². The maximum atomic E-state index is 13.0. The summed E-state index contributed by atoms with van der Waals surface area (Å²) in [5.74, 6) is -1.38. The van der Waals surface area contributed by atoms with E-state index in [9.17, 15) is 24.6 Å². The number of carboxylic acid groups (broad SMARTS) is 1. The Hall–Kier alpha value is -5.87. The van der Waals surface area contributed by atoms with E-state index in [1.165, 1.54) is 0 Å². The van der Waals surface area contributed by atoms with Gasteiger partial charge in [-0.3, -0.25) is 14.4 Å². The molecule has 0 aliphatic carbocycles. The van der Waals surface area contributed by atoms with Crippen molar-refractivity contribution >= 4 is 56.7 Å². The molecule has 4 aromatic carbocycles. The molecule has 1 fully saturated rings. The molecule has 10 heteroatoms. The first-order valence-corrected chi connectivity index (χ1v) is 15.5. The van der Waals surface area contributed by atoms with Gasteiger partial charge in [0.2, 0.25) is 0 Å². The normalized spacial score (nSPS) is 13.6. The smallest absolute Gasteiger partial charge is 0.307 e. The van der Waals surface area contributed by atoms with Gasteiger partial charge in [-0.2, -0.15) is 0 Å².